The van der Waals surface area contributed by atoms with Crippen LogP contribution in [0.15, 0.2) is 43.0 Å². The van der Waals surface area contributed by atoms with E-state index in [1.54, 1.807) is 6.92 Å². The van der Waals surface area contributed by atoms with Crippen LogP contribution in [0.25, 0.3) is 5.82 Å². The lowest BCUT2D eigenvalue weighted by molar-refractivity contribution is 0.0938. The second kappa shape index (κ2) is 6.71. The second-order valence-electron chi connectivity index (χ2n) is 4.94. The Kier molecular flexibility index (Phi) is 4.48. The van der Waals surface area contributed by atoms with Gasteiger partial charge in [0.25, 0.3) is 5.91 Å². The van der Waals surface area contributed by atoms with Crippen LogP contribution in [0.1, 0.15) is 29.0 Å². The van der Waals surface area contributed by atoms with Gasteiger partial charge < -0.3 is 5.32 Å². The number of hydrogen-bond acceptors (Lipinski definition) is 5. The van der Waals surface area contributed by atoms with Crippen LogP contribution in [0.2, 0.25) is 5.02 Å². The second-order valence-corrected chi connectivity index (χ2v) is 5.37. The molecule has 1 aromatic carbocycles. The number of carbonyl (C=O) groups excluding carboxylic acids is 1. The lowest BCUT2D eigenvalue weighted by Crippen LogP contribution is -2.28. The molecular formula is C15H12ClFN6O. The Morgan fingerprint density at radius 3 is 2.58 bits per heavy atom. The van der Waals surface area contributed by atoms with Gasteiger partial charge in [-0.05, 0) is 25.1 Å². The van der Waals surface area contributed by atoms with Gasteiger partial charge in [0.05, 0.1) is 18.4 Å². The highest BCUT2D eigenvalue weighted by Crippen LogP contribution is 2.18. The molecule has 3 aromatic rings. The van der Waals surface area contributed by atoms with Crippen LogP contribution in [-0.2, 0) is 0 Å². The third-order valence-corrected chi connectivity index (χ3v) is 3.42. The van der Waals surface area contributed by atoms with Gasteiger partial charge in [-0.1, -0.05) is 11.6 Å². The van der Waals surface area contributed by atoms with Gasteiger partial charge in [-0.3, -0.25) is 9.78 Å². The van der Waals surface area contributed by atoms with Gasteiger partial charge in [-0.15, -0.1) is 4.80 Å². The zero-order valence-electron chi connectivity index (χ0n) is 12.5. The molecule has 9 heteroatoms. The van der Waals surface area contributed by atoms with E-state index >= 15 is 0 Å². The molecule has 2 aromatic heterocycles. The van der Waals surface area contributed by atoms with E-state index in [2.05, 4.69) is 25.5 Å². The minimum absolute atomic E-state index is 0.120. The molecule has 122 valence electrons. The highest BCUT2D eigenvalue weighted by Gasteiger charge is 2.19. The molecule has 0 saturated carbocycles. The highest BCUT2D eigenvalue weighted by molar-refractivity contribution is 6.31. The van der Waals surface area contributed by atoms with Crippen LogP contribution in [0, 0.1) is 5.82 Å². The van der Waals surface area contributed by atoms with Gasteiger partial charge in [0.1, 0.15) is 11.5 Å². The maximum Gasteiger partial charge on any atom is 0.251 e. The molecule has 0 saturated heterocycles. The summed E-state index contributed by atoms with van der Waals surface area (Å²) in [5.41, 5.74) is 0.596. The van der Waals surface area contributed by atoms with Crippen LogP contribution in [0.5, 0.6) is 0 Å². The molecule has 24 heavy (non-hydrogen) atoms. The van der Waals surface area contributed by atoms with Crippen molar-refractivity contribution in [3.63, 3.8) is 0 Å². The molecule has 0 bridgehead atoms. The molecule has 0 aliphatic heterocycles. The molecule has 1 amide bonds. The summed E-state index contributed by atoms with van der Waals surface area (Å²) in [5, 5.41) is 10.9. The third-order valence-electron chi connectivity index (χ3n) is 3.20. The Labute approximate surface area is 141 Å². The zero-order valence-corrected chi connectivity index (χ0v) is 13.3. The number of aromatic nitrogens is 5. The average Bonchev–Trinajstić information content (AvgIpc) is 3.08. The quantitative estimate of drug-likeness (QED) is 0.783. The van der Waals surface area contributed by atoms with E-state index in [0.717, 1.165) is 12.1 Å². The molecule has 7 nitrogen and oxygen atoms in total. The number of nitrogens with zero attached hydrogens (tertiary/aromatic N) is 5. The number of halogens is 2. The molecule has 1 atom stereocenters. The van der Waals surface area contributed by atoms with Gasteiger partial charge in [-0.25, -0.2) is 9.37 Å². The average molecular weight is 347 g/mol. The number of rotatable bonds is 4. The summed E-state index contributed by atoms with van der Waals surface area (Å²) in [5.74, 6) is -0.664. The lowest BCUT2D eigenvalue weighted by atomic mass is 10.1. The van der Waals surface area contributed by atoms with Crippen molar-refractivity contribution in [1.82, 2.24) is 30.3 Å². The normalized spacial score (nSPS) is 12.0. The predicted octanol–water partition coefficient (Wildman–Crippen LogP) is 2.34. The van der Waals surface area contributed by atoms with E-state index in [1.165, 1.54) is 35.7 Å². The van der Waals surface area contributed by atoms with E-state index in [1.807, 2.05) is 0 Å². The van der Waals surface area contributed by atoms with E-state index in [-0.39, 0.29) is 10.6 Å². The Balaban J connectivity index is 1.85. The fraction of sp³-hybridized carbons (Fsp3) is 0.133. The summed E-state index contributed by atoms with van der Waals surface area (Å²) in [6.45, 7) is 1.73. The van der Waals surface area contributed by atoms with Crippen molar-refractivity contribution in [2.24, 2.45) is 0 Å². The molecule has 0 aliphatic rings. The maximum absolute atomic E-state index is 13.4. The number of amides is 1. The van der Waals surface area contributed by atoms with Crippen molar-refractivity contribution in [3.05, 3.63) is 65.1 Å². The van der Waals surface area contributed by atoms with Crippen molar-refractivity contribution in [2.45, 2.75) is 13.0 Å². The summed E-state index contributed by atoms with van der Waals surface area (Å²) >= 11 is 5.78. The molecular weight excluding hydrogens is 335 g/mol. The Bertz CT molecular complexity index is 850. The highest BCUT2D eigenvalue weighted by atomic mass is 35.5. The van der Waals surface area contributed by atoms with Crippen LogP contribution < -0.4 is 5.32 Å². The maximum atomic E-state index is 13.4. The van der Waals surface area contributed by atoms with Crippen molar-refractivity contribution >= 4 is 17.5 Å². The number of nitrogens with one attached hydrogen (secondary N) is 1. The molecule has 1 unspecified atom stereocenters. The summed E-state index contributed by atoms with van der Waals surface area (Å²) in [4.78, 5) is 22.0. The van der Waals surface area contributed by atoms with E-state index in [9.17, 15) is 9.18 Å². The van der Waals surface area contributed by atoms with E-state index in [0.29, 0.717) is 11.5 Å². The van der Waals surface area contributed by atoms with Crippen molar-refractivity contribution in [3.8, 4) is 5.82 Å². The predicted molar refractivity (Wildman–Crippen MR) is 84.2 cm³/mol. The lowest BCUT2D eigenvalue weighted by Gasteiger charge is -2.15. The minimum atomic E-state index is -0.582. The van der Waals surface area contributed by atoms with Crippen LogP contribution in [-0.4, -0.2) is 30.9 Å². The molecule has 0 spiro atoms. The molecule has 3 rings (SSSR count). The smallest absolute Gasteiger partial charge is 0.251 e. The summed E-state index contributed by atoms with van der Waals surface area (Å²) in [7, 11) is 0. The minimum Gasteiger partial charge on any atom is -0.344 e. The van der Waals surface area contributed by atoms with Gasteiger partial charge >= 0.3 is 0 Å². The fourth-order valence-electron chi connectivity index (χ4n) is 2.16. The summed E-state index contributed by atoms with van der Waals surface area (Å²) < 4.78 is 13.4. The first kappa shape index (κ1) is 16.0. The van der Waals surface area contributed by atoms with Crippen LogP contribution >= 0.6 is 11.6 Å². The summed E-state index contributed by atoms with van der Waals surface area (Å²) in [6, 6.07) is 3.13. The fourth-order valence-corrected chi connectivity index (χ4v) is 2.38. The van der Waals surface area contributed by atoms with E-state index < -0.39 is 17.8 Å². The summed E-state index contributed by atoms with van der Waals surface area (Å²) in [6.07, 6.45) is 6.03. The van der Waals surface area contributed by atoms with Crippen molar-refractivity contribution in [2.75, 3.05) is 0 Å². The Morgan fingerprint density at radius 2 is 1.88 bits per heavy atom. The Hall–Kier alpha value is -2.87. The first-order chi connectivity index (χ1) is 11.5. The molecule has 0 radical (unpaired) electrons. The van der Waals surface area contributed by atoms with Crippen molar-refractivity contribution in [1.29, 1.82) is 0 Å². The molecule has 0 aliphatic carbocycles. The van der Waals surface area contributed by atoms with Crippen molar-refractivity contribution < 1.29 is 9.18 Å². The molecule has 0 fully saturated rings. The SMILES string of the molecule is CC(NC(=O)c1cc(F)cc(Cl)c1)c1nccnc1-n1nccn1. The monoisotopic (exact) mass is 346 g/mol. The first-order valence-corrected chi connectivity index (χ1v) is 7.37. The number of benzene rings is 1. The van der Waals surface area contributed by atoms with Crippen LogP contribution in [0.3, 0.4) is 0 Å². The molecule has 2 heterocycles. The standard InChI is InChI=1S/C15H12ClFN6O/c1-9(22-15(24)10-6-11(16)8-12(17)7-10)13-14(19-3-2-18-13)23-20-4-5-21-23/h2-9H,1H3,(H,22,24). The van der Waals surface area contributed by atoms with Gasteiger partial charge in [-0.2, -0.15) is 10.2 Å². The molecule has 1 N–H and O–H groups in total. The largest absolute Gasteiger partial charge is 0.344 e. The Morgan fingerprint density at radius 1 is 1.17 bits per heavy atom. The number of hydrogen-bond donors (Lipinski definition) is 1. The topological polar surface area (TPSA) is 85.6 Å². The van der Waals surface area contributed by atoms with Crippen LogP contribution in [0.4, 0.5) is 4.39 Å². The van der Waals surface area contributed by atoms with E-state index in [4.69, 9.17) is 11.6 Å². The number of carbonyl (C=O) groups is 1. The third kappa shape index (κ3) is 3.38. The van der Waals surface area contributed by atoms with Gasteiger partial charge in [0, 0.05) is 23.0 Å². The zero-order chi connectivity index (χ0) is 17.1. The first-order valence-electron chi connectivity index (χ1n) is 6.99. The van der Waals surface area contributed by atoms with Gasteiger partial charge in [0.15, 0.2) is 5.82 Å². The van der Waals surface area contributed by atoms with Gasteiger partial charge in [0.2, 0.25) is 0 Å².